The fraction of sp³-hybridized carbons (Fsp3) is 0.350. The van der Waals surface area contributed by atoms with Crippen LogP contribution in [0.1, 0.15) is 29.2 Å². The van der Waals surface area contributed by atoms with Crippen molar-refractivity contribution in [1.82, 2.24) is 10.6 Å². The first-order valence-electron chi connectivity index (χ1n) is 8.86. The summed E-state index contributed by atoms with van der Waals surface area (Å²) in [5, 5.41) is 6.30. The van der Waals surface area contributed by atoms with Crippen LogP contribution >= 0.6 is 24.0 Å². The minimum absolute atomic E-state index is 0. The van der Waals surface area contributed by atoms with E-state index in [-0.39, 0.29) is 42.4 Å². The van der Waals surface area contributed by atoms with Gasteiger partial charge in [0.2, 0.25) is 0 Å². The van der Waals surface area contributed by atoms with Gasteiger partial charge in [0.1, 0.15) is 17.4 Å². The molecule has 152 valence electrons. The van der Waals surface area contributed by atoms with Crippen molar-refractivity contribution in [3.63, 3.8) is 0 Å². The van der Waals surface area contributed by atoms with E-state index in [1.54, 1.807) is 13.0 Å². The van der Waals surface area contributed by atoms with E-state index < -0.39 is 0 Å². The maximum absolute atomic E-state index is 13.8. The van der Waals surface area contributed by atoms with Gasteiger partial charge in [-0.2, -0.15) is 0 Å². The summed E-state index contributed by atoms with van der Waals surface area (Å²) in [6.07, 6.45) is 0. The zero-order valence-corrected chi connectivity index (χ0v) is 18.2. The normalized spacial score (nSPS) is 13.2. The Hall–Kier alpha value is -1.94. The predicted octanol–water partition coefficient (Wildman–Crippen LogP) is 4.01. The second kappa shape index (κ2) is 10.6. The molecule has 0 radical (unpaired) electrons. The summed E-state index contributed by atoms with van der Waals surface area (Å²) in [7, 11) is 0. The molecule has 1 aliphatic rings. The Labute approximate surface area is 180 Å². The highest BCUT2D eigenvalue weighted by molar-refractivity contribution is 14.0. The topological polar surface area (TPSA) is 54.9 Å². The molecule has 5 nitrogen and oxygen atoms in total. The van der Waals surface area contributed by atoms with E-state index >= 15 is 0 Å². The summed E-state index contributed by atoms with van der Waals surface area (Å²) in [4.78, 5) is 4.47. The molecule has 0 atom stereocenters. The quantitative estimate of drug-likeness (QED) is 0.368. The Morgan fingerprint density at radius 3 is 2.75 bits per heavy atom. The highest BCUT2D eigenvalue weighted by Crippen LogP contribution is 2.29. The third-order valence-electron chi connectivity index (χ3n) is 4.20. The number of fused-ring (bicyclic) bond motifs is 1. The number of halogens is 3. The van der Waals surface area contributed by atoms with Gasteiger partial charge in [0, 0.05) is 24.2 Å². The molecule has 0 saturated heterocycles. The van der Waals surface area contributed by atoms with E-state index in [1.807, 2.05) is 13.0 Å². The van der Waals surface area contributed by atoms with Crippen LogP contribution in [0.4, 0.5) is 8.78 Å². The molecule has 8 heteroatoms. The second-order valence-electron chi connectivity index (χ2n) is 6.30. The third kappa shape index (κ3) is 5.78. The number of nitrogens with zero attached hydrogens (tertiary/aromatic N) is 1. The highest BCUT2D eigenvalue weighted by Gasteiger charge is 2.17. The van der Waals surface area contributed by atoms with Crippen molar-refractivity contribution in [1.29, 1.82) is 0 Å². The third-order valence-corrected chi connectivity index (χ3v) is 4.20. The summed E-state index contributed by atoms with van der Waals surface area (Å²) < 4.78 is 38.3. The first-order chi connectivity index (χ1) is 13.1. The first kappa shape index (κ1) is 22.4. The average molecular weight is 503 g/mol. The van der Waals surface area contributed by atoms with Crippen molar-refractivity contribution in [3.05, 3.63) is 64.2 Å². The lowest BCUT2D eigenvalue weighted by atomic mass is 10.1. The molecular formula is C20H24F2IN3O2. The van der Waals surface area contributed by atoms with Crippen LogP contribution < -0.4 is 15.4 Å². The number of hydrogen-bond donors (Lipinski definition) is 2. The van der Waals surface area contributed by atoms with Crippen LogP contribution in [0, 0.1) is 18.6 Å². The van der Waals surface area contributed by atoms with Crippen molar-refractivity contribution in [2.75, 3.05) is 13.3 Å². The summed E-state index contributed by atoms with van der Waals surface area (Å²) >= 11 is 0. The van der Waals surface area contributed by atoms with Crippen LogP contribution in [-0.4, -0.2) is 19.3 Å². The van der Waals surface area contributed by atoms with Gasteiger partial charge in [-0.05, 0) is 43.2 Å². The Morgan fingerprint density at radius 1 is 1.18 bits per heavy atom. The van der Waals surface area contributed by atoms with Gasteiger partial charge < -0.3 is 20.1 Å². The summed E-state index contributed by atoms with van der Waals surface area (Å²) in [5.41, 5.74) is 2.77. The molecule has 0 unspecified atom stereocenters. The number of ether oxygens (including phenoxy) is 2. The van der Waals surface area contributed by atoms with Crippen molar-refractivity contribution < 1.29 is 18.3 Å². The molecule has 2 aromatic rings. The van der Waals surface area contributed by atoms with E-state index in [2.05, 4.69) is 15.6 Å². The SMILES string of the molecule is CCNC(=NCc1ccc(C)c(F)c1)NCc1cc(F)cc2c1OCOC2.I. The van der Waals surface area contributed by atoms with Crippen LogP contribution in [0.25, 0.3) is 0 Å². The lowest BCUT2D eigenvalue weighted by Gasteiger charge is -2.21. The van der Waals surface area contributed by atoms with Gasteiger partial charge in [-0.3, -0.25) is 0 Å². The van der Waals surface area contributed by atoms with Crippen LogP contribution in [0.2, 0.25) is 0 Å². The zero-order chi connectivity index (χ0) is 19.2. The first-order valence-corrected chi connectivity index (χ1v) is 8.86. The molecule has 2 N–H and O–H groups in total. The fourth-order valence-electron chi connectivity index (χ4n) is 2.81. The summed E-state index contributed by atoms with van der Waals surface area (Å²) in [6, 6.07) is 7.93. The maximum atomic E-state index is 13.8. The van der Waals surface area contributed by atoms with Gasteiger partial charge in [-0.1, -0.05) is 12.1 Å². The molecule has 0 aliphatic carbocycles. The van der Waals surface area contributed by atoms with Crippen molar-refractivity contribution >= 4 is 29.9 Å². The lowest BCUT2D eigenvalue weighted by molar-refractivity contribution is -0.0172. The van der Waals surface area contributed by atoms with Crippen LogP contribution in [0.5, 0.6) is 5.75 Å². The van der Waals surface area contributed by atoms with Crippen molar-refractivity contribution in [2.45, 2.75) is 33.5 Å². The molecule has 0 aromatic heterocycles. The average Bonchev–Trinajstić information content (AvgIpc) is 2.66. The van der Waals surface area contributed by atoms with E-state index in [9.17, 15) is 8.78 Å². The molecule has 2 aromatic carbocycles. The van der Waals surface area contributed by atoms with E-state index in [1.165, 1.54) is 18.2 Å². The molecule has 28 heavy (non-hydrogen) atoms. The summed E-state index contributed by atoms with van der Waals surface area (Å²) in [6.45, 7) is 5.49. The van der Waals surface area contributed by atoms with Gasteiger partial charge >= 0.3 is 0 Å². The standard InChI is InChI=1S/C20H23F2N3O2.HI/c1-3-23-20(24-9-14-5-4-13(2)18(22)6-14)25-10-15-7-17(21)8-16-11-26-12-27-19(15)16;/h4-8H,3,9-12H2,1-2H3,(H2,23,24,25);1H. The maximum Gasteiger partial charge on any atom is 0.191 e. The highest BCUT2D eigenvalue weighted by atomic mass is 127. The molecule has 3 rings (SSSR count). The van der Waals surface area contributed by atoms with Crippen LogP contribution in [0.15, 0.2) is 35.3 Å². The number of guanidine groups is 1. The van der Waals surface area contributed by atoms with Gasteiger partial charge in [-0.25, -0.2) is 13.8 Å². The monoisotopic (exact) mass is 503 g/mol. The molecule has 0 saturated carbocycles. The largest absolute Gasteiger partial charge is 0.467 e. The fourth-order valence-corrected chi connectivity index (χ4v) is 2.81. The Kier molecular flexibility index (Phi) is 8.43. The molecule has 0 amide bonds. The molecule has 1 aliphatic heterocycles. The number of hydrogen-bond acceptors (Lipinski definition) is 3. The number of aliphatic imine (C=N–C) groups is 1. The van der Waals surface area contributed by atoms with Crippen LogP contribution in [0.3, 0.4) is 0 Å². The molecule has 1 heterocycles. The molecule has 0 bridgehead atoms. The lowest BCUT2D eigenvalue weighted by Crippen LogP contribution is -2.37. The van der Waals surface area contributed by atoms with Gasteiger partial charge in [0.05, 0.1) is 13.2 Å². The van der Waals surface area contributed by atoms with Gasteiger partial charge in [0.15, 0.2) is 12.8 Å². The number of nitrogens with one attached hydrogen (secondary N) is 2. The number of rotatable bonds is 5. The van der Waals surface area contributed by atoms with E-state index in [4.69, 9.17) is 9.47 Å². The Bertz CT molecular complexity index is 846. The summed E-state index contributed by atoms with van der Waals surface area (Å²) in [5.74, 6) is 0.623. The molecular weight excluding hydrogens is 479 g/mol. The molecule has 0 fully saturated rings. The van der Waals surface area contributed by atoms with Crippen LogP contribution in [-0.2, 0) is 24.4 Å². The predicted molar refractivity (Wildman–Crippen MR) is 115 cm³/mol. The van der Waals surface area contributed by atoms with Gasteiger partial charge in [-0.15, -0.1) is 24.0 Å². The van der Waals surface area contributed by atoms with Crippen molar-refractivity contribution in [3.8, 4) is 5.75 Å². The second-order valence-corrected chi connectivity index (χ2v) is 6.30. The van der Waals surface area contributed by atoms with E-state index in [0.717, 1.165) is 5.56 Å². The Morgan fingerprint density at radius 2 is 2.00 bits per heavy atom. The number of benzene rings is 2. The molecule has 0 spiro atoms. The van der Waals surface area contributed by atoms with Gasteiger partial charge in [0.25, 0.3) is 0 Å². The minimum atomic E-state index is -0.336. The van der Waals surface area contributed by atoms with E-state index in [0.29, 0.717) is 54.6 Å². The zero-order valence-electron chi connectivity index (χ0n) is 15.9. The smallest absolute Gasteiger partial charge is 0.191 e. The minimum Gasteiger partial charge on any atom is -0.467 e. The van der Waals surface area contributed by atoms with Crippen molar-refractivity contribution in [2.24, 2.45) is 4.99 Å². The Balaban J connectivity index is 0.00000280. The number of aryl methyl sites for hydroxylation is 1.